The second-order valence-corrected chi connectivity index (χ2v) is 4.38. The molecule has 0 radical (unpaired) electrons. The number of likely N-dealkylation sites (N-methyl/N-ethyl adjacent to an activating group) is 1. The summed E-state index contributed by atoms with van der Waals surface area (Å²) < 4.78 is 32.0. The van der Waals surface area contributed by atoms with Gasteiger partial charge < -0.3 is 10.1 Å². The van der Waals surface area contributed by atoms with E-state index in [1.165, 1.54) is 12.1 Å². The van der Waals surface area contributed by atoms with Gasteiger partial charge in [0.15, 0.2) is 0 Å². The Morgan fingerprint density at radius 1 is 1.24 bits per heavy atom. The molecule has 0 aliphatic heterocycles. The summed E-state index contributed by atoms with van der Waals surface area (Å²) in [5.74, 6) is -0.895. The minimum absolute atomic E-state index is 0.167. The second-order valence-electron chi connectivity index (χ2n) is 4.38. The van der Waals surface area contributed by atoms with Gasteiger partial charge in [-0.1, -0.05) is 19.9 Å². The molecule has 1 rings (SSSR count). The van der Waals surface area contributed by atoms with Crippen LogP contribution >= 0.6 is 0 Å². The molecule has 0 saturated carbocycles. The predicted octanol–water partition coefficient (Wildman–Crippen LogP) is 2.90. The summed E-state index contributed by atoms with van der Waals surface area (Å²) in [6, 6.07) is 3.32. The molecule has 1 N–H and O–H groups in total. The maximum Gasteiger partial charge on any atom is 0.130 e. The van der Waals surface area contributed by atoms with Gasteiger partial charge >= 0.3 is 0 Å². The van der Waals surface area contributed by atoms with Gasteiger partial charge in [-0.25, -0.2) is 8.78 Å². The number of hydrogen-bond donors (Lipinski definition) is 1. The molecule has 96 valence electrons. The van der Waals surface area contributed by atoms with Crippen LogP contribution in [-0.2, 0) is 4.74 Å². The summed E-state index contributed by atoms with van der Waals surface area (Å²) in [7, 11) is 3.33. The summed E-state index contributed by atoms with van der Waals surface area (Å²) in [4.78, 5) is 0. The molecule has 0 saturated heterocycles. The van der Waals surface area contributed by atoms with Crippen LogP contribution in [0.4, 0.5) is 8.78 Å². The molecule has 2 nitrogen and oxygen atoms in total. The molecular weight excluding hydrogens is 224 g/mol. The highest BCUT2D eigenvalue weighted by molar-refractivity contribution is 5.23. The Morgan fingerprint density at radius 3 is 2.29 bits per heavy atom. The fourth-order valence-corrected chi connectivity index (χ4v) is 2.04. The molecule has 0 heterocycles. The van der Waals surface area contributed by atoms with Gasteiger partial charge in [0.1, 0.15) is 11.6 Å². The van der Waals surface area contributed by atoms with Gasteiger partial charge in [-0.15, -0.1) is 0 Å². The van der Waals surface area contributed by atoms with Gasteiger partial charge in [0.05, 0.1) is 12.1 Å². The van der Waals surface area contributed by atoms with Crippen molar-refractivity contribution in [3.63, 3.8) is 0 Å². The van der Waals surface area contributed by atoms with Crippen molar-refractivity contribution in [3.05, 3.63) is 35.4 Å². The monoisotopic (exact) mass is 243 g/mol. The Balaban J connectivity index is 3.08. The maximum atomic E-state index is 13.7. The molecule has 4 heteroatoms. The van der Waals surface area contributed by atoms with Crippen molar-refractivity contribution >= 4 is 0 Å². The van der Waals surface area contributed by atoms with Crippen LogP contribution in [0.1, 0.15) is 25.5 Å². The largest absolute Gasteiger partial charge is 0.379 e. The van der Waals surface area contributed by atoms with Crippen LogP contribution in [0.3, 0.4) is 0 Å². The maximum absolute atomic E-state index is 13.7. The third-order valence-electron chi connectivity index (χ3n) is 2.87. The van der Waals surface area contributed by atoms with Gasteiger partial charge in [0, 0.05) is 18.7 Å². The van der Waals surface area contributed by atoms with Crippen molar-refractivity contribution in [1.29, 1.82) is 0 Å². The Bertz CT molecular complexity index is 368. The van der Waals surface area contributed by atoms with E-state index in [1.54, 1.807) is 14.2 Å². The van der Waals surface area contributed by atoms with Crippen LogP contribution in [0.5, 0.6) is 0 Å². The molecule has 1 aromatic rings. The number of ether oxygens (including phenoxy) is 1. The SMILES string of the molecule is CNC(c1ccc(F)cc1F)C(OC)C(C)C. The number of hydrogen-bond acceptors (Lipinski definition) is 2. The smallest absolute Gasteiger partial charge is 0.130 e. The minimum Gasteiger partial charge on any atom is -0.379 e. The van der Waals surface area contributed by atoms with Gasteiger partial charge in [-0.2, -0.15) is 0 Å². The Labute approximate surface area is 101 Å². The van der Waals surface area contributed by atoms with E-state index >= 15 is 0 Å². The van der Waals surface area contributed by atoms with E-state index in [4.69, 9.17) is 4.74 Å². The van der Waals surface area contributed by atoms with E-state index in [1.807, 2.05) is 13.8 Å². The van der Waals surface area contributed by atoms with E-state index in [9.17, 15) is 8.78 Å². The van der Waals surface area contributed by atoms with E-state index in [-0.39, 0.29) is 18.1 Å². The van der Waals surface area contributed by atoms with Crippen molar-refractivity contribution in [2.45, 2.75) is 26.0 Å². The number of methoxy groups -OCH3 is 1. The molecule has 0 aromatic heterocycles. The summed E-state index contributed by atoms with van der Waals surface area (Å²) in [5.41, 5.74) is 0.425. The molecule has 17 heavy (non-hydrogen) atoms. The summed E-state index contributed by atoms with van der Waals surface area (Å²) in [6.07, 6.45) is -0.167. The standard InChI is InChI=1S/C13H19F2NO/c1-8(2)13(17-4)12(16-3)10-6-5-9(14)7-11(10)15/h5-8,12-13,16H,1-4H3. The minimum atomic E-state index is -0.570. The van der Waals surface area contributed by atoms with E-state index in [0.717, 1.165) is 6.07 Å². The lowest BCUT2D eigenvalue weighted by molar-refractivity contribution is 0.0338. The number of rotatable bonds is 5. The highest BCUT2D eigenvalue weighted by atomic mass is 19.1. The van der Waals surface area contributed by atoms with E-state index < -0.39 is 11.6 Å². The molecule has 0 aliphatic rings. The quantitative estimate of drug-likeness (QED) is 0.858. The molecule has 1 aromatic carbocycles. The second kappa shape index (κ2) is 6.07. The Morgan fingerprint density at radius 2 is 1.88 bits per heavy atom. The number of halogens is 2. The molecule has 0 bridgehead atoms. The third kappa shape index (κ3) is 3.23. The van der Waals surface area contributed by atoms with Crippen molar-refractivity contribution in [2.75, 3.05) is 14.2 Å². The van der Waals surface area contributed by atoms with Gasteiger partial charge in [-0.3, -0.25) is 0 Å². The van der Waals surface area contributed by atoms with Crippen molar-refractivity contribution < 1.29 is 13.5 Å². The van der Waals surface area contributed by atoms with Crippen molar-refractivity contribution in [2.24, 2.45) is 5.92 Å². The zero-order chi connectivity index (χ0) is 13.0. The Kier molecular flexibility index (Phi) is 5.02. The molecule has 0 aliphatic carbocycles. The molecular formula is C13H19F2NO. The highest BCUT2D eigenvalue weighted by Gasteiger charge is 2.26. The first-order valence-electron chi connectivity index (χ1n) is 5.66. The lowest BCUT2D eigenvalue weighted by atomic mass is 9.93. The lowest BCUT2D eigenvalue weighted by Crippen LogP contribution is -2.35. The molecule has 0 fully saturated rings. The average Bonchev–Trinajstić information content (AvgIpc) is 2.26. The van der Waals surface area contributed by atoms with Gasteiger partial charge in [0.2, 0.25) is 0 Å². The lowest BCUT2D eigenvalue weighted by Gasteiger charge is -2.29. The molecule has 0 amide bonds. The molecule has 2 unspecified atom stereocenters. The predicted molar refractivity (Wildman–Crippen MR) is 63.8 cm³/mol. The van der Waals surface area contributed by atoms with Crippen LogP contribution in [0.25, 0.3) is 0 Å². The highest BCUT2D eigenvalue weighted by Crippen LogP contribution is 2.26. The van der Waals surface area contributed by atoms with Crippen molar-refractivity contribution in [1.82, 2.24) is 5.32 Å². The topological polar surface area (TPSA) is 21.3 Å². The molecule has 0 spiro atoms. The Hall–Kier alpha value is -1.00. The first-order valence-corrected chi connectivity index (χ1v) is 5.66. The average molecular weight is 243 g/mol. The van der Waals surface area contributed by atoms with Crippen molar-refractivity contribution in [3.8, 4) is 0 Å². The fourth-order valence-electron chi connectivity index (χ4n) is 2.04. The zero-order valence-corrected chi connectivity index (χ0v) is 10.6. The fraction of sp³-hybridized carbons (Fsp3) is 0.538. The number of nitrogens with one attached hydrogen (secondary N) is 1. The normalized spacial score (nSPS) is 15.0. The van der Waals surface area contributed by atoms with Crippen LogP contribution in [-0.4, -0.2) is 20.3 Å². The van der Waals surface area contributed by atoms with Gasteiger partial charge in [0.25, 0.3) is 0 Å². The van der Waals surface area contributed by atoms with E-state index in [0.29, 0.717) is 5.56 Å². The van der Waals surface area contributed by atoms with Crippen LogP contribution in [0, 0.1) is 17.6 Å². The number of benzene rings is 1. The first-order chi connectivity index (χ1) is 8.01. The first kappa shape index (κ1) is 14.1. The summed E-state index contributed by atoms with van der Waals surface area (Å²) >= 11 is 0. The van der Waals surface area contributed by atoms with Crippen LogP contribution in [0.15, 0.2) is 18.2 Å². The van der Waals surface area contributed by atoms with Crippen LogP contribution < -0.4 is 5.32 Å². The van der Waals surface area contributed by atoms with E-state index in [2.05, 4.69) is 5.32 Å². The molecule has 2 atom stereocenters. The zero-order valence-electron chi connectivity index (χ0n) is 10.6. The van der Waals surface area contributed by atoms with Gasteiger partial charge in [-0.05, 0) is 19.0 Å². The summed E-state index contributed by atoms with van der Waals surface area (Å²) in [6.45, 7) is 4.00. The van der Waals surface area contributed by atoms with Crippen LogP contribution in [0.2, 0.25) is 0 Å². The third-order valence-corrected chi connectivity index (χ3v) is 2.87. The summed E-state index contributed by atoms with van der Waals surface area (Å²) in [5, 5.41) is 3.02.